The number of halogens is 2. The van der Waals surface area contributed by atoms with E-state index < -0.39 is 11.6 Å². The molecule has 0 saturated carbocycles. The molecule has 0 fully saturated rings. The predicted molar refractivity (Wildman–Crippen MR) is 72.6 cm³/mol. The zero-order valence-corrected chi connectivity index (χ0v) is 10.7. The van der Waals surface area contributed by atoms with Crippen LogP contribution in [0.3, 0.4) is 0 Å². The second kappa shape index (κ2) is 5.40. The number of anilines is 1. The van der Waals surface area contributed by atoms with Gasteiger partial charge in [-0.15, -0.1) is 11.8 Å². The van der Waals surface area contributed by atoms with Crippen molar-refractivity contribution in [3.8, 4) is 11.1 Å². The maximum atomic E-state index is 13.8. The van der Waals surface area contributed by atoms with E-state index in [9.17, 15) is 8.78 Å². The van der Waals surface area contributed by atoms with Crippen LogP contribution in [0.15, 0.2) is 41.3 Å². The third kappa shape index (κ3) is 2.64. The van der Waals surface area contributed by atoms with Gasteiger partial charge in [-0.1, -0.05) is 19.1 Å². The molecule has 0 aliphatic heterocycles. The van der Waals surface area contributed by atoms with Gasteiger partial charge in [0, 0.05) is 10.6 Å². The Bertz CT molecular complexity index is 546. The molecule has 0 heterocycles. The van der Waals surface area contributed by atoms with Crippen LogP contribution in [0.1, 0.15) is 6.92 Å². The van der Waals surface area contributed by atoms with E-state index in [1.807, 2.05) is 13.0 Å². The SMILES string of the molecule is CCSc1cccc(-c2c(F)cc(N)cc2F)c1. The molecule has 0 unspecified atom stereocenters. The topological polar surface area (TPSA) is 26.0 Å². The molecule has 0 amide bonds. The van der Waals surface area contributed by atoms with Gasteiger partial charge in [0.1, 0.15) is 11.6 Å². The van der Waals surface area contributed by atoms with Crippen molar-refractivity contribution in [2.45, 2.75) is 11.8 Å². The normalized spacial score (nSPS) is 10.6. The fraction of sp³-hybridized carbons (Fsp3) is 0.143. The number of hydrogen-bond donors (Lipinski definition) is 1. The molecule has 0 aliphatic carbocycles. The van der Waals surface area contributed by atoms with E-state index in [1.54, 1.807) is 30.0 Å². The van der Waals surface area contributed by atoms with Crippen molar-refractivity contribution in [3.63, 3.8) is 0 Å². The van der Waals surface area contributed by atoms with E-state index in [1.165, 1.54) is 0 Å². The molecule has 1 nitrogen and oxygen atoms in total. The van der Waals surface area contributed by atoms with E-state index >= 15 is 0 Å². The van der Waals surface area contributed by atoms with Crippen LogP contribution in [0.4, 0.5) is 14.5 Å². The van der Waals surface area contributed by atoms with E-state index in [0.717, 1.165) is 22.8 Å². The molecular formula is C14H13F2NS. The summed E-state index contributed by atoms with van der Waals surface area (Å²) >= 11 is 1.63. The summed E-state index contributed by atoms with van der Waals surface area (Å²) in [5.74, 6) is -0.354. The van der Waals surface area contributed by atoms with Gasteiger partial charge in [0.2, 0.25) is 0 Å². The van der Waals surface area contributed by atoms with Crippen molar-refractivity contribution >= 4 is 17.4 Å². The number of benzene rings is 2. The van der Waals surface area contributed by atoms with Crippen molar-refractivity contribution in [3.05, 3.63) is 48.0 Å². The zero-order valence-electron chi connectivity index (χ0n) is 9.91. The van der Waals surface area contributed by atoms with Gasteiger partial charge in [0.05, 0.1) is 5.56 Å². The van der Waals surface area contributed by atoms with Crippen LogP contribution < -0.4 is 5.73 Å². The molecule has 2 N–H and O–H groups in total. The van der Waals surface area contributed by atoms with Gasteiger partial charge in [0.25, 0.3) is 0 Å². The molecule has 2 aromatic rings. The van der Waals surface area contributed by atoms with E-state index in [-0.39, 0.29) is 11.3 Å². The lowest BCUT2D eigenvalue weighted by Gasteiger charge is -2.08. The Balaban J connectivity index is 2.51. The zero-order chi connectivity index (χ0) is 13.1. The molecule has 0 radical (unpaired) electrons. The minimum absolute atomic E-state index is 0.0252. The van der Waals surface area contributed by atoms with Crippen molar-refractivity contribution < 1.29 is 8.78 Å². The Hall–Kier alpha value is -1.55. The molecule has 2 aromatic carbocycles. The maximum absolute atomic E-state index is 13.8. The van der Waals surface area contributed by atoms with Gasteiger partial charge in [-0.3, -0.25) is 0 Å². The van der Waals surface area contributed by atoms with Gasteiger partial charge in [-0.05, 0) is 35.6 Å². The van der Waals surface area contributed by atoms with E-state index in [4.69, 9.17) is 5.73 Å². The first-order chi connectivity index (χ1) is 8.61. The highest BCUT2D eigenvalue weighted by Gasteiger charge is 2.12. The average Bonchev–Trinajstić information content (AvgIpc) is 2.28. The molecule has 4 heteroatoms. The van der Waals surface area contributed by atoms with Crippen LogP contribution in [-0.2, 0) is 0 Å². The summed E-state index contributed by atoms with van der Waals surface area (Å²) in [7, 11) is 0. The Labute approximate surface area is 109 Å². The molecule has 18 heavy (non-hydrogen) atoms. The quantitative estimate of drug-likeness (QED) is 0.660. The second-order valence-corrected chi connectivity index (χ2v) is 5.16. The van der Waals surface area contributed by atoms with Crippen molar-refractivity contribution in [2.24, 2.45) is 0 Å². The highest BCUT2D eigenvalue weighted by atomic mass is 32.2. The fourth-order valence-corrected chi connectivity index (χ4v) is 2.49. The van der Waals surface area contributed by atoms with E-state index in [0.29, 0.717) is 5.56 Å². The second-order valence-electron chi connectivity index (χ2n) is 3.82. The fourth-order valence-electron chi connectivity index (χ4n) is 1.78. The number of nitrogen functional groups attached to an aromatic ring is 1. The lowest BCUT2D eigenvalue weighted by molar-refractivity contribution is 0.590. The highest BCUT2D eigenvalue weighted by molar-refractivity contribution is 7.99. The van der Waals surface area contributed by atoms with Crippen LogP contribution in [0.2, 0.25) is 0 Å². The van der Waals surface area contributed by atoms with Gasteiger partial charge >= 0.3 is 0 Å². The van der Waals surface area contributed by atoms with Crippen LogP contribution in [0.5, 0.6) is 0 Å². The lowest BCUT2D eigenvalue weighted by Crippen LogP contribution is -1.94. The lowest BCUT2D eigenvalue weighted by atomic mass is 10.0. The van der Waals surface area contributed by atoms with Gasteiger partial charge in [-0.2, -0.15) is 0 Å². The summed E-state index contributed by atoms with van der Waals surface area (Å²) < 4.78 is 27.6. The third-order valence-electron chi connectivity index (χ3n) is 2.50. The molecule has 0 spiro atoms. The van der Waals surface area contributed by atoms with Crippen LogP contribution in [0, 0.1) is 11.6 Å². The molecule has 0 aliphatic rings. The smallest absolute Gasteiger partial charge is 0.136 e. The van der Waals surface area contributed by atoms with Crippen molar-refractivity contribution in [1.82, 2.24) is 0 Å². The van der Waals surface area contributed by atoms with Crippen molar-refractivity contribution in [1.29, 1.82) is 0 Å². The monoisotopic (exact) mass is 265 g/mol. The molecule has 0 saturated heterocycles. The molecular weight excluding hydrogens is 252 g/mol. The van der Waals surface area contributed by atoms with Gasteiger partial charge in [0.15, 0.2) is 0 Å². The van der Waals surface area contributed by atoms with Crippen LogP contribution >= 0.6 is 11.8 Å². The Morgan fingerprint density at radius 1 is 1.11 bits per heavy atom. The molecule has 2 rings (SSSR count). The standard InChI is InChI=1S/C14H13F2NS/c1-2-18-11-5-3-4-9(6-11)14-12(15)7-10(17)8-13(14)16/h3-8H,2,17H2,1H3. The third-order valence-corrected chi connectivity index (χ3v) is 3.37. The number of hydrogen-bond acceptors (Lipinski definition) is 2. The minimum atomic E-state index is -0.633. The van der Waals surface area contributed by atoms with Gasteiger partial charge in [-0.25, -0.2) is 8.78 Å². The summed E-state index contributed by atoms with van der Waals surface area (Å²) in [6, 6.07) is 9.46. The molecule has 0 aromatic heterocycles. The first-order valence-corrected chi connectivity index (χ1v) is 6.58. The largest absolute Gasteiger partial charge is 0.399 e. The Kier molecular flexibility index (Phi) is 3.87. The summed E-state index contributed by atoms with van der Waals surface area (Å²) in [6.07, 6.45) is 0. The Morgan fingerprint density at radius 3 is 2.39 bits per heavy atom. The van der Waals surface area contributed by atoms with Crippen molar-refractivity contribution in [2.75, 3.05) is 11.5 Å². The highest BCUT2D eigenvalue weighted by Crippen LogP contribution is 2.30. The predicted octanol–water partition coefficient (Wildman–Crippen LogP) is 4.33. The summed E-state index contributed by atoms with van der Waals surface area (Å²) in [6.45, 7) is 2.03. The van der Waals surface area contributed by atoms with Gasteiger partial charge < -0.3 is 5.73 Å². The number of thioether (sulfide) groups is 1. The molecule has 94 valence electrons. The molecule has 0 atom stereocenters. The first-order valence-electron chi connectivity index (χ1n) is 5.59. The minimum Gasteiger partial charge on any atom is -0.399 e. The van der Waals surface area contributed by atoms with E-state index in [2.05, 4.69) is 0 Å². The average molecular weight is 265 g/mol. The van der Waals surface area contributed by atoms with Crippen LogP contribution in [-0.4, -0.2) is 5.75 Å². The van der Waals surface area contributed by atoms with Crippen LogP contribution in [0.25, 0.3) is 11.1 Å². The molecule has 0 bridgehead atoms. The summed E-state index contributed by atoms with van der Waals surface area (Å²) in [5, 5.41) is 0. The number of rotatable bonds is 3. The Morgan fingerprint density at radius 2 is 1.78 bits per heavy atom. The summed E-state index contributed by atoms with van der Waals surface area (Å²) in [5.41, 5.74) is 6.00. The first kappa shape index (κ1) is 12.9. The summed E-state index contributed by atoms with van der Waals surface area (Å²) in [4.78, 5) is 0.991. The number of nitrogens with two attached hydrogens (primary N) is 1. The maximum Gasteiger partial charge on any atom is 0.136 e.